The van der Waals surface area contributed by atoms with Crippen LogP contribution in [-0.4, -0.2) is 25.1 Å². The highest BCUT2D eigenvalue weighted by atomic mass is 19.1. The van der Waals surface area contributed by atoms with Gasteiger partial charge in [0.2, 0.25) is 5.95 Å². The van der Waals surface area contributed by atoms with Crippen LogP contribution in [0.2, 0.25) is 0 Å². The number of aryl methyl sites for hydroxylation is 1. The Labute approximate surface area is 155 Å². The van der Waals surface area contributed by atoms with Crippen LogP contribution in [0.25, 0.3) is 22.3 Å². The van der Waals surface area contributed by atoms with Gasteiger partial charge in [-0.1, -0.05) is 25.1 Å². The van der Waals surface area contributed by atoms with Crippen molar-refractivity contribution in [2.75, 3.05) is 5.32 Å². The van der Waals surface area contributed by atoms with Gasteiger partial charge in [0.15, 0.2) is 0 Å². The molecule has 0 spiro atoms. The monoisotopic (exact) mass is 362 g/mol. The number of aromatic nitrogens is 5. The number of rotatable bonds is 5. The molecule has 6 nitrogen and oxygen atoms in total. The molecular weight excluding hydrogens is 343 g/mol. The first-order valence-corrected chi connectivity index (χ1v) is 8.81. The molecule has 27 heavy (non-hydrogen) atoms. The van der Waals surface area contributed by atoms with Gasteiger partial charge < -0.3 is 10.3 Å². The maximum absolute atomic E-state index is 14.0. The van der Waals surface area contributed by atoms with Crippen LogP contribution in [0.5, 0.6) is 0 Å². The molecule has 0 aliphatic rings. The summed E-state index contributed by atoms with van der Waals surface area (Å²) in [5.74, 6) is 0.792. The number of fused-ring (bicyclic) bond motifs is 1. The van der Waals surface area contributed by atoms with Gasteiger partial charge in [0, 0.05) is 5.56 Å². The quantitative estimate of drug-likeness (QED) is 0.549. The van der Waals surface area contributed by atoms with Gasteiger partial charge in [0.25, 0.3) is 0 Å². The van der Waals surface area contributed by atoms with Gasteiger partial charge in [-0.3, -0.25) is 0 Å². The topological polar surface area (TPSA) is 79.4 Å². The first-order valence-electron chi connectivity index (χ1n) is 8.81. The van der Waals surface area contributed by atoms with E-state index >= 15 is 0 Å². The van der Waals surface area contributed by atoms with Crippen LogP contribution in [0.4, 0.5) is 10.3 Å². The maximum atomic E-state index is 14.0. The summed E-state index contributed by atoms with van der Waals surface area (Å²) >= 11 is 0. The van der Waals surface area contributed by atoms with Gasteiger partial charge >= 0.3 is 0 Å². The molecule has 0 saturated heterocycles. The molecule has 2 aromatic carbocycles. The first-order chi connectivity index (χ1) is 13.1. The van der Waals surface area contributed by atoms with E-state index in [4.69, 9.17) is 0 Å². The molecule has 4 aromatic rings. The van der Waals surface area contributed by atoms with Crippen LogP contribution in [-0.2, 0) is 0 Å². The minimum Gasteiger partial charge on any atom is -0.343 e. The molecule has 0 radical (unpaired) electrons. The second-order valence-electron chi connectivity index (χ2n) is 6.39. The Morgan fingerprint density at radius 2 is 2.00 bits per heavy atom. The predicted octanol–water partition coefficient (Wildman–Crippen LogP) is 4.43. The lowest BCUT2D eigenvalue weighted by Crippen LogP contribution is -2.14. The summed E-state index contributed by atoms with van der Waals surface area (Å²) in [7, 11) is 0. The van der Waals surface area contributed by atoms with Crippen molar-refractivity contribution in [3.8, 4) is 11.3 Å². The molecule has 2 N–H and O–H groups in total. The third-order valence-corrected chi connectivity index (χ3v) is 4.41. The second-order valence-corrected chi connectivity index (χ2v) is 6.39. The number of halogens is 1. The largest absolute Gasteiger partial charge is 0.343 e. The van der Waals surface area contributed by atoms with Gasteiger partial charge in [-0.25, -0.2) is 14.4 Å². The zero-order valence-electron chi connectivity index (χ0n) is 15.1. The van der Waals surface area contributed by atoms with E-state index in [1.54, 1.807) is 18.2 Å². The minimum atomic E-state index is -0.344. The Bertz CT molecular complexity index is 1090. The standard InChI is InChI=1S/C20H19FN6/c1-3-15(19-23-16-9-8-12(2)10-17(16)24-19)25-20-26-18(11-22-27-20)13-6-4-5-7-14(13)21/h4-11,15H,3H2,1-2H3,(H,23,24)(H,25,26,27). The van der Waals surface area contributed by atoms with E-state index < -0.39 is 0 Å². The van der Waals surface area contributed by atoms with E-state index in [2.05, 4.69) is 36.5 Å². The molecule has 0 amide bonds. The SMILES string of the molecule is CCC(Nc1nncc(-c2ccccc2F)n1)c1nc2ccc(C)cc2[nH]1. The van der Waals surface area contributed by atoms with Crippen molar-refractivity contribution in [2.45, 2.75) is 26.3 Å². The first kappa shape index (κ1) is 17.1. The summed E-state index contributed by atoms with van der Waals surface area (Å²) in [5.41, 5.74) is 3.90. The number of H-pyrrole nitrogens is 1. The van der Waals surface area contributed by atoms with Crippen molar-refractivity contribution >= 4 is 17.0 Å². The predicted molar refractivity (Wildman–Crippen MR) is 103 cm³/mol. The van der Waals surface area contributed by atoms with E-state index in [0.29, 0.717) is 17.2 Å². The fourth-order valence-electron chi connectivity index (χ4n) is 2.99. The number of hydrogen-bond acceptors (Lipinski definition) is 5. The number of benzene rings is 2. The molecule has 0 aliphatic carbocycles. The third kappa shape index (κ3) is 3.48. The Balaban J connectivity index is 1.63. The molecule has 0 bridgehead atoms. The molecule has 4 rings (SSSR count). The van der Waals surface area contributed by atoms with Crippen LogP contribution >= 0.6 is 0 Å². The second kappa shape index (κ2) is 7.11. The smallest absolute Gasteiger partial charge is 0.243 e. The van der Waals surface area contributed by atoms with Crippen LogP contribution < -0.4 is 5.32 Å². The summed E-state index contributed by atoms with van der Waals surface area (Å²) in [4.78, 5) is 12.4. The molecule has 1 unspecified atom stereocenters. The third-order valence-electron chi connectivity index (χ3n) is 4.41. The molecule has 1 atom stereocenters. The molecule has 136 valence electrons. The van der Waals surface area contributed by atoms with Crippen molar-refractivity contribution in [1.82, 2.24) is 25.1 Å². The number of nitrogens with zero attached hydrogens (tertiary/aromatic N) is 4. The van der Waals surface area contributed by atoms with Crippen molar-refractivity contribution < 1.29 is 4.39 Å². The zero-order valence-corrected chi connectivity index (χ0v) is 15.1. The molecule has 7 heteroatoms. The number of nitrogens with one attached hydrogen (secondary N) is 2. The molecule has 0 aliphatic heterocycles. The minimum absolute atomic E-state index is 0.115. The van der Waals surface area contributed by atoms with Gasteiger partial charge in [-0.15, -0.1) is 5.10 Å². The van der Waals surface area contributed by atoms with E-state index in [0.717, 1.165) is 23.3 Å². The van der Waals surface area contributed by atoms with E-state index in [9.17, 15) is 4.39 Å². The van der Waals surface area contributed by atoms with Gasteiger partial charge in [-0.05, 0) is 43.2 Å². The van der Waals surface area contributed by atoms with Crippen LogP contribution in [0, 0.1) is 12.7 Å². The van der Waals surface area contributed by atoms with Crippen LogP contribution in [0.3, 0.4) is 0 Å². The zero-order chi connectivity index (χ0) is 18.8. The lowest BCUT2D eigenvalue weighted by atomic mass is 10.1. The summed E-state index contributed by atoms with van der Waals surface area (Å²) in [6.07, 6.45) is 2.22. The Morgan fingerprint density at radius 3 is 2.81 bits per heavy atom. The average Bonchev–Trinajstić information content (AvgIpc) is 3.09. The van der Waals surface area contributed by atoms with Gasteiger partial charge in [0.05, 0.1) is 29.0 Å². The summed E-state index contributed by atoms with van der Waals surface area (Å²) in [5, 5.41) is 11.3. The van der Waals surface area contributed by atoms with Gasteiger partial charge in [0.1, 0.15) is 11.6 Å². The fraction of sp³-hybridized carbons (Fsp3) is 0.200. The Morgan fingerprint density at radius 1 is 1.15 bits per heavy atom. The maximum Gasteiger partial charge on any atom is 0.243 e. The lowest BCUT2D eigenvalue weighted by Gasteiger charge is -2.14. The molecule has 0 saturated carbocycles. The number of anilines is 1. The highest BCUT2D eigenvalue weighted by Crippen LogP contribution is 2.24. The van der Waals surface area contributed by atoms with Gasteiger partial charge in [-0.2, -0.15) is 5.10 Å². The van der Waals surface area contributed by atoms with E-state index in [-0.39, 0.29) is 11.9 Å². The fourth-order valence-corrected chi connectivity index (χ4v) is 2.99. The summed E-state index contributed by atoms with van der Waals surface area (Å²) < 4.78 is 14.0. The van der Waals surface area contributed by atoms with Crippen molar-refractivity contribution in [3.63, 3.8) is 0 Å². The van der Waals surface area contributed by atoms with E-state index in [1.807, 2.05) is 26.0 Å². The summed E-state index contributed by atoms with van der Waals surface area (Å²) in [6, 6.07) is 12.4. The van der Waals surface area contributed by atoms with Crippen molar-refractivity contribution in [2.24, 2.45) is 0 Å². The molecular formula is C20H19FN6. The highest BCUT2D eigenvalue weighted by molar-refractivity contribution is 5.76. The normalized spacial score (nSPS) is 12.3. The molecule has 2 aromatic heterocycles. The number of aromatic amines is 1. The Hall–Kier alpha value is -3.35. The summed E-state index contributed by atoms with van der Waals surface area (Å²) in [6.45, 7) is 4.09. The number of hydrogen-bond donors (Lipinski definition) is 2. The Kier molecular flexibility index (Phi) is 4.50. The molecule has 2 heterocycles. The van der Waals surface area contributed by atoms with Crippen molar-refractivity contribution in [1.29, 1.82) is 0 Å². The average molecular weight is 362 g/mol. The molecule has 0 fully saturated rings. The van der Waals surface area contributed by atoms with Crippen molar-refractivity contribution in [3.05, 3.63) is 65.9 Å². The van der Waals surface area contributed by atoms with Crippen LogP contribution in [0.15, 0.2) is 48.7 Å². The van der Waals surface area contributed by atoms with E-state index in [1.165, 1.54) is 17.8 Å². The highest BCUT2D eigenvalue weighted by Gasteiger charge is 2.16. The lowest BCUT2D eigenvalue weighted by molar-refractivity contribution is 0.630. The van der Waals surface area contributed by atoms with Crippen LogP contribution in [0.1, 0.15) is 30.8 Å². The number of imidazole rings is 1.